The number of rotatable bonds is 4. The summed E-state index contributed by atoms with van der Waals surface area (Å²) >= 11 is 0. The maximum absolute atomic E-state index is 13.7. The number of ether oxygens (including phenoxy) is 1. The zero-order valence-electron chi connectivity index (χ0n) is 13.2. The highest BCUT2D eigenvalue weighted by Crippen LogP contribution is 2.35. The zero-order chi connectivity index (χ0) is 17.5. The van der Waals surface area contributed by atoms with Crippen LogP contribution >= 0.6 is 0 Å². The summed E-state index contributed by atoms with van der Waals surface area (Å²) in [5.41, 5.74) is 0.192. The quantitative estimate of drug-likeness (QED) is 0.896. The van der Waals surface area contributed by atoms with Crippen LogP contribution < -0.4 is 4.74 Å². The molecule has 0 spiro atoms. The molecule has 2 aliphatic heterocycles. The number of likely N-dealkylation sites (tertiary alicyclic amines) is 2. The third-order valence-electron chi connectivity index (χ3n) is 4.65. The smallest absolute Gasteiger partial charge is 0.262 e. The van der Waals surface area contributed by atoms with E-state index in [9.17, 15) is 23.1 Å². The number of amides is 1. The van der Waals surface area contributed by atoms with E-state index in [1.165, 1.54) is 24.1 Å². The Morgan fingerprint density at radius 2 is 2.12 bits per heavy atom. The highest BCUT2D eigenvalue weighted by Gasteiger charge is 2.50. The molecule has 132 valence electrons. The Morgan fingerprint density at radius 1 is 1.42 bits per heavy atom. The number of aliphatic hydroxyl groups is 1. The van der Waals surface area contributed by atoms with Gasteiger partial charge < -0.3 is 14.7 Å². The topological polar surface area (TPSA) is 53.0 Å². The van der Waals surface area contributed by atoms with E-state index in [2.05, 4.69) is 0 Å². The molecule has 24 heavy (non-hydrogen) atoms. The van der Waals surface area contributed by atoms with Crippen molar-refractivity contribution in [1.82, 2.24) is 9.80 Å². The van der Waals surface area contributed by atoms with Gasteiger partial charge in [-0.3, -0.25) is 9.69 Å². The van der Waals surface area contributed by atoms with Crippen LogP contribution in [0.15, 0.2) is 18.2 Å². The normalized spacial score (nSPS) is 24.0. The molecule has 0 radical (unpaired) electrons. The van der Waals surface area contributed by atoms with E-state index in [4.69, 9.17) is 4.74 Å². The molecule has 2 aliphatic rings. The summed E-state index contributed by atoms with van der Waals surface area (Å²) in [6.07, 6.45) is -0.363. The first kappa shape index (κ1) is 17.0. The zero-order valence-corrected chi connectivity index (χ0v) is 13.2. The molecule has 1 atom stereocenters. The lowest BCUT2D eigenvalue weighted by Crippen LogP contribution is -2.62. The van der Waals surface area contributed by atoms with Gasteiger partial charge in [-0.15, -0.1) is 0 Å². The van der Waals surface area contributed by atoms with E-state index in [1.54, 1.807) is 4.90 Å². The molecule has 1 aromatic carbocycles. The Morgan fingerprint density at radius 3 is 2.71 bits per heavy atom. The van der Waals surface area contributed by atoms with Gasteiger partial charge in [0.2, 0.25) is 0 Å². The Bertz CT molecular complexity index is 635. The predicted octanol–water partition coefficient (Wildman–Crippen LogP) is 1.36. The van der Waals surface area contributed by atoms with Crippen LogP contribution in [-0.4, -0.2) is 72.2 Å². The largest absolute Gasteiger partial charge is 0.494 e. The van der Waals surface area contributed by atoms with Crippen molar-refractivity contribution in [1.29, 1.82) is 0 Å². The number of alkyl halides is 2. The minimum absolute atomic E-state index is 0.0538. The minimum atomic E-state index is -2.81. The Balaban J connectivity index is 1.62. The highest BCUT2D eigenvalue weighted by atomic mass is 19.3. The summed E-state index contributed by atoms with van der Waals surface area (Å²) in [6.45, 7) is -0.149. The fourth-order valence-electron chi connectivity index (χ4n) is 3.33. The van der Waals surface area contributed by atoms with Gasteiger partial charge in [0, 0.05) is 37.2 Å². The maximum Gasteiger partial charge on any atom is 0.262 e. The molecule has 0 bridgehead atoms. The van der Waals surface area contributed by atoms with Gasteiger partial charge >= 0.3 is 0 Å². The molecule has 1 amide bonds. The summed E-state index contributed by atoms with van der Waals surface area (Å²) in [5, 5.41) is 9.26. The second-order valence-electron chi connectivity index (χ2n) is 6.28. The number of carbonyl (C=O) groups excluding carboxylic acids is 1. The standard InChI is InChI=1S/C16H19F3N2O3/c1-24-14-3-2-10(4-13(14)17)15(23)20-6-12(7-20)21-9-16(18,19)5-11(21)8-22/h2-4,11-12,22H,5-9H2,1H3/t11-/m0/s1. The van der Waals surface area contributed by atoms with Gasteiger partial charge in [0.15, 0.2) is 11.6 Å². The van der Waals surface area contributed by atoms with Gasteiger partial charge in [0.05, 0.1) is 20.3 Å². The van der Waals surface area contributed by atoms with Crippen molar-refractivity contribution in [2.75, 3.05) is 33.4 Å². The number of halogens is 3. The second-order valence-corrected chi connectivity index (χ2v) is 6.28. The first-order valence-electron chi connectivity index (χ1n) is 7.72. The number of hydrogen-bond donors (Lipinski definition) is 1. The van der Waals surface area contributed by atoms with E-state index < -0.39 is 24.3 Å². The van der Waals surface area contributed by atoms with Crippen molar-refractivity contribution in [2.45, 2.75) is 24.4 Å². The van der Waals surface area contributed by atoms with Gasteiger partial charge in [-0.05, 0) is 18.2 Å². The lowest BCUT2D eigenvalue weighted by atomic mass is 10.0. The molecule has 1 aromatic rings. The van der Waals surface area contributed by atoms with Gasteiger partial charge in [-0.25, -0.2) is 13.2 Å². The van der Waals surface area contributed by atoms with Gasteiger partial charge in [-0.1, -0.05) is 0 Å². The monoisotopic (exact) mass is 344 g/mol. The molecule has 2 heterocycles. The fourth-order valence-corrected chi connectivity index (χ4v) is 3.33. The van der Waals surface area contributed by atoms with Crippen molar-refractivity contribution in [3.8, 4) is 5.75 Å². The van der Waals surface area contributed by atoms with E-state index in [-0.39, 0.29) is 36.3 Å². The van der Waals surface area contributed by atoms with Crippen LogP contribution in [0.1, 0.15) is 16.8 Å². The lowest BCUT2D eigenvalue weighted by Gasteiger charge is -2.45. The van der Waals surface area contributed by atoms with Crippen molar-refractivity contribution in [3.63, 3.8) is 0 Å². The number of methoxy groups -OCH3 is 1. The van der Waals surface area contributed by atoms with Gasteiger partial charge in [0.25, 0.3) is 11.8 Å². The molecule has 8 heteroatoms. The molecule has 0 aliphatic carbocycles. The summed E-state index contributed by atoms with van der Waals surface area (Å²) in [5.74, 6) is -3.73. The maximum atomic E-state index is 13.7. The molecule has 0 unspecified atom stereocenters. The third kappa shape index (κ3) is 3.08. The Hall–Kier alpha value is -1.80. The lowest BCUT2D eigenvalue weighted by molar-refractivity contribution is -0.0125. The van der Waals surface area contributed by atoms with Crippen LogP contribution in [0.25, 0.3) is 0 Å². The molecule has 2 fully saturated rings. The molecule has 5 nitrogen and oxygen atoms in total. The summed E-state index contributed by atoms with van der Waals surface area (Å²) in [6, 6.07) is 3.17. The summed E-state index contributed by atoms with van der Waals surface area (Å²) < 4.78 is 45.5. The number of benzene rings is 1. The van der Waals surface area contributed by atoms with E-state index >= 15 is 0 Å². The van der Waals surface area contributed by atoms with Crippen molar-refractivity contribution >= 4 is 5.91 Å². The molecular weight excluding hydrogens is 325 g/mol. The molecule has 0 aromatic heterocycles. The fraction of sp³-hybridized carbons (Fsp3) is 0.562. The highest BCUT2D eigenvalue weighted by molar-refractivity contribution is 5.95. The van der Waals surface area contributed by atoms with Crippen LogP contribution in [0.5, 0.6) is 5.75 Å². The van der Waals surface area contributed by atoms with Crippen LogP contribution in [-0.2, 0) is 0 Å². The number of aliphatic hydroxyl groups excluding tert-OH is 1. The van der Waals surface area contributed by atoms with Gasteiger partial charge in [0.1, 0.15) is 0 Å². The van der Waals surface area contributed by atoms with E-state index in [1.807, 2.05) is 0 Å². The Labute approximate surface area is 137 Å². The van der Waals surface area contributed by atoms with Crippen molar-refractivity contribution < 1.29 is 27.8 Å². The average molecular weight is 344 g/mol. The predicted molar refractivity (Wildman–Crippen MR) is 79.8 cm³/mol. The second kappa shape index (κ2) is 6.25. The number of hydrogen-bond acceptors (Lipinski definition) is 4. The molecular formula is C16H19F3N2O3. The van der Waals surface area contributed by atoms with E-state index in [0.29, 0.717) is 13.1 Å². The van der Waals surface area contributed by atoms with Crippen LogP contribution in [0.3, 0.4) is 0 Å². The summed E-state index contributed by atoms with van der Waals surface area (Å²) in [7, 11) is 1.34. The molecule has 1 N–H and O–H groups in total. The molecule has 3 rings (SSSR count). The third-order valence-corrected chi connectivity index (χ3v) is 4.65. The molecule has 2 saturated heterocycles. The van der Waals surface area contributed by atoms with Gasteiger partial charge in [-0.2, -0.15) is 0 Å². The Kier molecular flexibility index (Phi) is 4.44. The average Bonchev–Trinajstić information content (AvgIpc) is 2.80. The first-order chi connectivity index (χ1) is 11.3. The summed E-state index contributed by atoms with van der Waals surface area (Å²) in [4.78, 5) is 15.4. The minimum Gasteiger partial charge on any atom is -0.494 e. The number of carbonyl (C=O) groups is 1. The van der Waals surface area contributed by atoms with Crippen molar-refractivity contribution in [2.24, 2.45) is 0 Å². The first-order valence-corrected chi connectivity index (χ1v) is 7.72. The number of nitrogens with zero attached hydrogens (tertiary/aromatic N) is 2. The van der Waals surface area contributed by atoms with Crippen LogP contribution in [0.4, 0.5) is 13.2 Å². The SMILES string of the molecule is COc1ccc(C(=O)N2CC(N3CC(F)(F)C[C@H]3CO)C2)cc1F. The molecule has 0 saturated carbocycles. The van der Waals surface area contributed by atoms with Crippen LogP contribution in [0, 0.1) is 5.82 Å². The van der Waals surface area contributed by atoms with E-state index in [0.717, 1.165) is 6.07 Å². The van der Waals surface area contributed by atoms with Crippen molar-refractivity contribution in [3.05, 3.63) is 29.6 Å². The van der Waals surface area contributed by atoms with Crippen LogP contribution in [0.2, 0.25) is 0 Å².